The Morgan fingerprint density at radius 3 is 1.92 bits per heavy atom. The third kappa shape index (κ3) is 6.64. The number of para-hydroxylation sites is 2. The largest absolute Gasteiger partial charge is 0.486 e. The third-order valence-electron chi connectivity index (χ3n) is 3.20. The van der Waals surface area contributed by atoms with Gasteiger partial charge in [0, 0.05) is 0 Å². The molecule has 0 aliphatic rings. The molecule has 2 aromatic carbocycles. The highest BCUT2D eigenvalue weighted by atomic mass is 16.6. The zero-order valence-corrected chi connectivity index (χ0v) is 13.9. The van der Waals surface area contributed by atoms with Gasteiger partial charge >= 0.3 is 5.97 Å². The van der Waals surface area contributed by atoms with E-state index < -0.39 is 24.5 Å². The molecule has 0 fully saturated rings. The molecule has 0 spiro atoms. The number of esters is 1. The van der Waals surface area contributed by atoms with Crippen molar-refractivity contribution in [3.05, 3.63) is 60.7 Å². The summed E-state index contributed by atoms with van der Waals surface area (Å²) in [6.07, 6.45) is -1.24. The minimum atomic E-state index is -1.24. The average Bonchev–Trinajstić information content (AvgIpc) is 2.69. The van der Waals surface area contributed by atoms with Crippen LogP contribution in [-0.2, 0) is 23.9 Å². The van der Waals surface area contributed by atoms with Crippen LogP contribution in [-0.4, -0.2) is 44.1 Å². The van der Waals surface area contributed by atoms with Gasteiger partial charge < -0.3 is 18.9 Å². The predicted molar refractivity (Wildman–Crippen MR) is 90.8 cm³/mol. The van der Waals surface area contributed by atoms with Crippen molar-refractivity contribution in [1.29, 1.82) is 0 Å². The van der Waals surface area contributed by atoms with Gasteiger partial charge in [0.2, 0.25) is 5.78 Å². The van der Waals surface area contributed by atoms with Crippen LogP contribution in [0.3, 0.4) is 0 Å². The van der Waals surface area contributed by atoms with Crippen LogP contribution in [0.1, 0.15) is 0 Å². The lowest BCUT2D eigenvalue weighted by molar-refractivity contribution is -0.158. The van der Waals surface area contributed by atoms with Crippen LogP contribution in [0.2, 0.25) is 0 Å². The van der Waals surface area contributed by atoms with E-state index in [2.05, 4.69) is 4.74 Å². The van der Waals surface area contributed by atoms with Crippen molar-refractivity contribution >= 4 is 18.2 Å². The molecule has 1 atom stereocenters. The number of ether oxygens (including phenoxy) is 4. The molecule has 0 aromatic heterocycles. The number of carbonyl (C=O) groups excluding carboxylic acids is 3. The Balaban J connectivity index is 1.76. The quantitative estimate of drug-likeness (QED) is 0.447. The van der Waals surface area contributed by atoms with Gasteiger partial charge in [-0.1, -0.05) is 36.4 Å². The fraction of sp³-hybridized carbons (Fsp3) is 0.211. The number of hydrogen-bond donors (Lipinski definition) is 0. The molecular formula is C19H18O7. The Bertz CT molecular complexity index is 700. The molecule has 0 aliphatic carbocycles. The molecular weight excluding hydrogens is 340 g/mol. The topological polar surface area (TPSA) is 88.1 Å². The van der Waals surface area contributed by atoms with Crippen molar-refractivity contribution in [2.75, 3.05) is 19.8 Å². The molecule has 0 amide bonds. The second-order valence-electron chi connectivity index (χ2n) is 5.07. The summed E-state index contributed by atoms with van der Waals surface area (Å²) in [5.74, 6) is -0.209. The minimum Gasteiger partial charge on any atom is -0.486 e. The lowest BCUT2D eigenvalue weighted by atomic mass is 10.2. The molecule has 7 nitrogen and oxygen atoms in total. The fourth-order valence-electron chi connectivity index (χ4n) is 1.91. The van der Waals surface area contributed by atoms with E-state index in [9.17, 15) is 14.4 Å². The zero-order valence-electron chi connectivity index (χ0n) is 13.9. The summed E-state index contributed by atoms with van der Waals surface area (Å²) in [5, 5.41) is 0. The second-order valence-corrected chi connectivity index (χ2v) is 5.07. The summed E-state index contributed by atoms with van der Waals surface area (Å²) in [7, 11) is 0. The Morgan fingerprint density at radius 1 is 0.846 bits per heavy atom. The summed E-state index contributed by atoms with van der Waals surface area (Å²) < 4.78 is 20.1. The standard InChI is InChI=1S/C19H18O7/c20-14-26-18(17(21)11-23-15-7-3-1-4-8-15)12-25-19(22)13-24-16-9-5-2-6-10-16/h1-10,14,18H,11-13H2. The van der Waals surface area contributed by atoms with Crippen molar-refractivity contribution < 1.29 is 33.3 Å². The molecule has 1 unspecified atom stereocenters. The number of carbonyl (C=O) groups is 3. The second kappa shape index (κ2) is 10.5. The summed E-state index contributed by atoms with van der Waals surface area (Å²) in [6, 6.07) is 17.4. The molecule has 7 heteroatoms. The van der Waals surface area contributed by atoms with Gasteiger partial charge in [-0.2, -0.15) is 0 Å². The molecule has 136 valence electrons. The van der Waals surface area contributed by atoms with Crippen LogP contribution in [0.4, 0.5) is 0 Å². The molecule has 0 aliphatic heterocycles. The number of Topliss-reactive ketones (excluding diaryl/α,β-unsaturated/α-hetero) is 1. The first-order valence-corrected chi connectivity index (χ1v) is 7.82. The van der Waals surface area contributed by atoms with Crippen molar-refractivity contribution in [1.82, 2.24) is 0 Å². The molecule has 0 heterocycles. The number of benzene rings is 2. The first-order valence-electron chi connectivity index (χ1n) is 7.82. The van der Waals surface area contributed by atoms with Crippen molar-refractivity contribution in [2.45, 2.75) is 6.10 Å². The van der Waals surface area contributed by atoms with Gasteiger partial charge in [-0.05, 0) is 24.3 Å². The molecule has 26 heavy (non-hydrogen) atoms. The van der Waals surface area contributed by atoms with Crippen LogP contribution in [0, 0.1) is 0 Å². The van der Waals surface area contributed by atoms with E-state index in [1.54, 1.807) is 48.5 Å². The molecule has 0 saturated heterocycles. The van der Waals surface area contributed by atoms with E-state index in [0.717, 1.165) is 0 Å². The average molecular weight is 358 g/mol. The lowest BCUT2D eigenvalue weighted by Crippen LogP contribution is -2.34. The van der Waals surface area contributed by atoms with Crippen LogP contribution in [0.5, 0.6) is 11.5 Å². The van der Waals surface area contributed by atoms with Crippen LogP contribution < -0.4 is 9.47 Å². The Labute approximate surface area is 150 Å². The molecule has 2 aromatic rings. The molecule has 0 radical (unpaired) electrons. The fourth-order valence-corrected chi connectivity index (χ4v) is 1.91. The van der Waals surface area contributed by atoms with Gasteiger partial charge in [-0.3, -0.25) is 9.59 Å². The smallest absolute Gasteiger partial charge is 0.344 e. The van der Waals surface area contributed by atoms with E-state index in [1.807, 2.05) is 12.1 Å². The predicted octanol–water partition coefficient (Wildman–Crippen LogP) is 1.80. The first-order chi connectivity index (χ1) is 12.7. The highest BCUT2D eigenvalue weighted by Gasteiger charge is 2.22. The van der Waals surface area contributed by atoms with Crippen molar-refractivity contribution in [3.63, 3.8) is 0 Å². The van der Waals surface area contributed by atoms with Gasteiger partial charge in [0.25, 0.3) is 6.47 Å². The van der Waals surface area contributed by atoms with Crippen LogP contribution >= 0.6 is 0 Å². The van der Waals surface area contributed by atoms with E-state index in [0.29, 0.717) is 11.5 Å². The highest BCUT2D eigenvalue weighted by molar-refractivity contribution is 5.85. The van der Waals surface area contributed by atoms with Crippen LogP contribution in [0.25, 0.3) is 0 Å². The van der Waals surface area contributed by atoms with Gasteiger partial charge in [0.15, 0.2) is 19.3 Å². The summed E-state index contributed by atoms with van der Waals surface area (Å²) >= 11 is 0. The summed E-state index contributed by atoms with van der Waals surface area (Å²) in [4.78, 5) is 34.3. The third-order valence-corrected chi connectivity index (χ3v) is 3.20. The first kappa shape index (κ1) is 19.0. The van der Waals surface area contributed by atoms with Gasteiger partial charge in [-0.15, -0.1) is 0 Å². The maximum Gasteiger partial charge on any atom is 0.344 e. The van der Waals surface area contributed by atoms with E-state index >= 15 is 0 Å². The van der Waals surface area contributed by atoms with Gasteiger partial charge in [0.1, 0.15) is 18.1 Å². The molecule has 0 saturated carbocycles. The van der Waals surface area contributed by atoms with E-state index in [1.165, 1.54) is 0 Å². The van der Waals surface area contributed by atoms with Gasteiger partial charge in [0.05, 0.1) is 0 Å². The summed E-state index contributed by atoms with van der Waals surface area (Å²) in [6.45, 7) is -0.931. The zero-order chi connectivity index (χ0) is 18.6. The SMILES string of the molecule is O=COC(COC(=O)COc1ccccc1)C(=O)COc1ccccc1. The number of hydrogen-bond acceptors (Lipinski definition) is 7. The van der Waals surface area contributed by atoms with Crippen molar-refractivity contribution in [2.24, 2.45) is 0 Å². The Hall–Kier alpha value is -3.35. The van der Waals surface area contributed by atoms with Crippen LogP contribution in [0.15, 0.2) is 60.7 Å². The summed E-state index contributed by atoms with van der Waals surface area (Å²) in [5.41, 5.74) is 0. The normalized spacial score (nSPS) is 11.1. The Kier molecular flexibility index (Phi) is 7.67. The highest BCUT2D eigenvalue weighted by Crippen LogP contribution is 2.09. The minimum absolute atomic E-state index is 0.124. The number of rotatable bonds is 11. The molecule has 2 rings (SSSR count). The number of ketones is 1. The van der Waals surface area contributed by atoms with Crippen molar-refractivity contribution in [3.8, 4) is 11.5 Å². The lowest BCUT2D eigenvalue weighted by Gasteiger charge is -2.15. The van der Waals surface area contributed by atoms with E-state index in [-0.39, 0.29) is 19.7 Å². The maximum atomic E-state index is 12.1. The molecule has 0 bridgehead atoms. The van der Waals surface area contributed by atoms with E-state index in [4.69, 9.17) is 14.2 Å². The monoisotopic (exact) mass is 358 g/mol. The van der Waals surface area contributed by atoms with Gasteiger partial charge in [-0.25, -0.2) is 4.79 Å². The Morgan fingerprint density at radius 2 is 1.38 bits per heavy atom. The maximum absolute atomic E-state index is 12.1. The molecule has 0 N–H and O–H groups in total.